The topological polar surface area (TPSA) is 69.8 Å². The molecular formula is C13H16N4O. The van der Waals surface area contributed by atoms with E-state index >= 15 is 0 Å². The van der Waals surface area contributed by atoms with Crippen molar-refractivity contribution >= 4 is 11.6 Å². The zero-order valence-corrected chi connectivity index (χ0v) is 10.4. The Labute approximate surface area is 106 Å². The quantitative estimate of drug-likeness (QED) is 0.766. The van der Waals surface area contributed by atoms with Gasteiger partial charge in [-0.15, -0.1) is 0 Å². The van der Waals surface area contributed by atoms with Gasteiger partial charge in [0.15, 0.2) is 0 Å². The van der Waals surface area contributed by atoms with Crippen molar-refractivity contribution in [2.75, 3.05) is 12.4 Å². The van der Waals surface area contributed by atoms with Crippen molar-refractivity contribution in [1.82, 2.24) is 15.3 Å². The first-order valence-electron chi connectivity index (χ1n) is 5.75. The largest absolute Gasteiger partial charge is 0.378 e. The maximum Gasteiger partial charge on any atom is 0.251 e. The molecule has 0 saturated heterocycles. The van der Waals surface area contributed by atoms with Crippen molar-refractivity contribution in [3.05, 3.63) is 47.5 Å². The first-order valence-corrected chi connectivity index (χ1v) is 5.75. The third kappa shape index (κ3) is 2.68. The summed E-state index contributed by atoms with van der Waals surface area (Å²) in [5, 5.41) is 5.88. The Hall–Kier alpha value is -2.30. The second-order valence-electron chi connectivity index (χ2n) is 4.00. The van der Waals surface area contributed by atoms with Crippen LogP contribution in [0.3, 0.4) is 0 Å². The molecule has 94 valence electrons. The van der Waals surface area contributed by atoms with E-state index in [4.69, 9.17) is 0 Å². The summed E-state index contributed by atoms with van der Waals surface area (Å²) >= 11 is 0. The number of benzene rings is 1. The highest BCUT2D eigenvalue weighted by atomic mass is 16.1. The van der Waals surface area contributed by atoms with Gasteiger partial charge in [-0.1, -0.05) is 0 Å². The van der Waals surface area contributed by atoms with Crippen LogP contribution in [0.2, 0.25) is 0 Å². The SMILES string of the molecule is CNC(=O)c1ccc(NCc2ncc[nH]2)c(C)c1. The molecule has 2 aromatic rings. The number of amides is 1. The molecule has 0 unspecified atom stereocenters. The minimum atomic E-state index is -0.0734. The smallest absolute Gasteiger partial charge is 0.251 e. The molecule has 0 aliphatic heterocycles. The normalized spacial score (nSPS) is 10.1. The van der Waals surface area contributed by atoms with Crippen molar-refractivity contribution < 1.29 is 4.79 Å². The maximum absolute atomic E-state index is 11.5. The van der Waals surface area contributed by atoms with E-state index in [0.29, 0.717) is 12.1 Å². The number of carbonyl (C=O) groups is 1. The predicted molar refractivity (Wildman–Crippen MR) is 70.5 cm³/mol. The molecule has 18 heavy (non-hydrogen) atoms. The Bertz CT molecular complexity index is 534. The van der Waals surface area contributed by atoms with Gasteiger partial charge in [-0.3, -0.25) is 4.79 Å². The Kier molecular flexibility index (Phi) is 3.62. The standard InChI is InChI=1S/C13H16N4O/c1-9-7-10(13(18)14-2)3-4-11(9)17-8-12-15-5-6-16-12/h3-7,17H,8H2,1-2H3,(H,14,18)(H,15,16). The summed E-state index contributed by atoms with van der Waals surface area (Å²) in [5.74, 6) is 0.806. The van der Waals surface area contributed by atoms with Crippen molar-refractivity contribution in [1.29, 1.82) is 0 Å². The fraction of sp³-hybridized carbons (Fsp3) is 0.231. The number of imidazole rings is 1. The molecule has 0 fully saturated rings. The summed E-state index contributed by atoms with van der Waals surface area (Å²) in [7, 11) is 1.63. The molecule has 1 heterocycles. The van der Waals surface area contributed by atoms with Gasteiger partial charge >= 0.3 is 0 Å². The zero-order valence-electron chi connectivity index (χ0n) is 10.4. The molecule has 1 aromatic heterocycles. The number of nitrogens with one attached hydrogen (secondary N) is 3. The Balaban J connectivity index is 2.08. The van der Waals surface area contributed by atoms with Crippen LogP contribution in [0.25, 0.3) is 0 Å². The fourth-order valence-corrected chi connectivity index (χ4v) is 1.72. The summed E-state index contributed by atoms with van der Waals surface area (Å²) in [4.78, 5) is 18.6. The van der Waals surface area contributed by atoms with E-state index in [1.807, 2.05) is 19.1 Å². The zero-order chi connectivity index (χ0) is 13.0. The maximum atomic E-state index is 11.5. The second-order valence-corrected chi connectivity index (χ2v) is 4.00. The molecule has 1 amide bonds. The van der Waals surface area contributed by atoms with Gasteiger partial charge in [-0.2, -0.15) is 0 Å². The molecule has 0 spiro atoms. The summed E-state index contributed by atoms with van der Waals surface area (Å²) in [6.07, 6.45) is 3.51. The minimum Gasteiger partial charge on any atom is -0.378 e. The molecule has 0 radical (unpaired) electrons. The van der Waals surface area contributed by atoms with Gasteiger partial charge in [0.2, 0.25) is 0 Å². The number of rotatable bonds is 4. The Morgan fingerprint density at radius 1 is 1.44 bits per heavy atom. The third-order valence-electron chi connectivity index (χ3n) is 2.72. The summed E-state index contributed by atoms with van der Waals surface area (Å²) < 4.78 is 0. The number of aryl methyl sites for hydroxylation is 1. The Morgan fingerprint density at radius 3 is 2.89 bits per heavy atom. The first-order chi connectivity index (χ1) is 8.70. The van der Waals surface area contributed by atoms with E-state index in [2.05, 4.69) is 20.6 Å². The van der Waals surface area contributed by atoms with E-state index in [-0.39, 0.29) is 5.91 Å². The molecule has 0 aliphatic carbocycles. The minimum absolute atomic E-state index is 0.0734. The molecule has 0 aliphatic rings. The number of aromatic amines is 1. The van der Waals surface area contributed by atoms with Crippen LogP contribution < -0.4 is 10.6 Å². The molecule has 5 nitrogen and oxygen atoms in total. The number of carbonyl (C=O) groups excluding carboxylic acids is 1. The fourth-order valence-electron chi connectivity index (χ4n) is 1.72. The van der Waals surface area contributed by atoms with E-state index in [0.717, 1.165) is 17.1 Å². The van der Waals surface area contributed by atoms with E-state index in [1.54, 1.807) is 25.5 Å². The van der Waals surface area contributed by atoms with E-state index < -0.39 is 0 Å². The van der Waals surface area contributed by atoms with Crippen LogP contribution in [0, 0.1) is 6.92 Å². The van der Waals surface area contributed by atoms with Crippen molar-refractivity contribution in [2.45, 2.75) is 13.5 Å². The van der Waals surface area contributed by atoms with Crippen LogP contribution >= 0.6 is 0 Å². The van der Waals surface area contributed by atoms with Crippen molar-refractivity contribution in [3.8, 4) is 0 Å². The lowest BCUT2D eigenvalue weighted by molar-refractivity contribution is 0.0963. The summed E-state index contributed by atoms with van der Waals surface area (Å²) in [6, 6.07) is 5.57. The summed E-state index contributed by atoms with van der Waals surface area (Å²) in [6.45, 7) is 2.60. The van der Waals surface area contributed by atoms with Crippen LogP contribution in [0.1, 0.15) is 21.7 Å². The number of hydrogen-bond donors (Lipinski definition) is 3. The van der Waals surface area contributed by atoms with Gasteiger partial charge in [0.1, 0.15) is 5.82 Å². The van der Waals surface area contributed by atoms with Crippen LogP contribution in [0.4, 0.5) is 5.69 Å². The number of nitrogens with zero attached hydrogens (tertiary/aromatic N) is 1. The van der Waals surface area contributed by atoms with Gasteiger partial charge < -0.3 is 15.6 Å². The van der Waals surface area contributed by atoms with E-state index in [9.17, 15) is 4.79 Å². The van der Waals surface area contributed by atoms with Gasteiger partial charge in [-0.05, 0) is 30.7 Å². The highest BCUT2D eigenvalue weighted by Gasteiger charge is 2.05. The molecule has 0 saturated carbocycles. The second kappa shape index (κ2) is 5.35. The average molecular weight is 244 g/mol. The van der Waals surface area contributed by atoms with Gasteiger partial charge in [0.05, 0.1) is 6.54 Å². The van der Waals surface area contributed by atoms with Crippen LogP contribution in [0.15, 0.2) is 30.6 Å². The lowest BCUT2D eigenvalue weighted by Crippen LogP contribution is -2.17. The van der Waals surface area contributed by atoms with Crippen molar-refractivity contribution in [2.24, 2.45) is 0 Å². The molecule has 0 bridgehead atoms. The van der Waals surface area contributed by atoms with Crippen molar-refractivity contribution in [3.63, 3.8) is 0 Å². The van der Waals surface area contributed by atoms with Crippen LogP contribution in [-0.4, -0.2) is 22.9 Å². The highest BCUT2D eigenvalue weighted by Crippen LogP contribution is 2.17. The average Bonchev–Trinajstić information content (AvgIpc) is 2.89. The lowest BCUT2D eigenvalue weighted by atomic mass is 10.1. The molecular weight excluding hydrogens is 228 g/mol. The number of hydrogen-bond acceptors (Lipinski definition) is 3. The lowest BCUT2D eigenvalue weighted by Gasteiger charge is -2.09. The van der Waals surface area contributed by atoms with Crippen LogP contribution in [-0.2, 0) is 6.54 Å². The molecule has 2 rings (SSSR count). The first kappa shape index (κ1) is 12.2. The van der Waals surface area contributed by atoms with Gasteiger partial charge in [-0.25, -0.2) is 4.98 Å². The number of H-pyrrole nitrogens is 1. The number of anilines is 1. The monoisotopic (exact) mass is 244 g/mol. The third-order valence-corrected chi connectivity index (χ3v) is 2.72. The van der Waals surface area contributed by atoms with Gasteiger partial charge in [0.25, 0.3) is 5.91 Å². The molecule has 0 atom stereocenters. The van der Waals surface area contributed by atoms with Gasteiger partial charge in [0, 0.05) is 30.7 Å². The van der Waals surface area contributed by atoms with E-state index in [1.165, 1.54) is 0 Å². The Morgan fingerprint density at radius 2 is 2.28 bits per heavy atom. The van der Waals surface area contributed by atoms with Crippen LogP contribution in [0.5, 0.6) is 0 Å². The molecule has 3 N–H and O–H groups in total. The highest BCUT2D eigenvalue weighted by molar-refractivity contribution is 5.94. The predicted octanol–water partition coefficient (Wildman–Crippen LogP) is 1.69. The summed E-state index contributed by atoms with van der Waals surface area (Å²) in [5.41, 5.74) is 2.69. The molecule has 1 aromatic carbocycles. The number of aromatic nitrogens is 2. The molecule has 5 heteroatoms.